The van der Waals surface area contributed by atoms with Gasteiger partial charge in [-0.3, -0.25) is 0 Å². The van der Waals surface area contributed by atoms with Crippen molar-refractivity contribution in [3.63, 3.8) is 0 Å². The maximum atomic E-state index is 7.06. The largest absolute Gasteiger partial charge is 0.365 e. The number of allylic oxidation sites excluding steroid dienone is 1. The van der Waals surface area contributed by atoms with Crippen LogP contribution in [0, 0.1) is 0 Å². The molecule has 0 radical (unpaired) electrons. The summed E-state index contributed by atoms with van der Waals surface area (Å²) < 4.78 is 9.68. The molecule has 3 aromatic rings. The number of anilines is 1. The SMILES string of the molecule is CCCC1(C)C2=C3C=C4C5=[N+](CCC4OC3CCN2c2ccccc21)c1ccc2ccccc2c1C5(C)C. The van der Waals surface area contributed by atoms with Crippen molar-refractivity contribution in [2.45, 2.75) is 76.4 Å². The molecule has 0 spiro atoms. The lowest BCUT2D eigenvalue weighted by molar-refractivity contribution is -0.445. The van der Waals surface area contributed by atoms with E-state index in [9.17, 15) is 0 Å². The Bertz CT molecular complexity index is 1620. The van der Waals surface area contributed by atoms with Gasteiger partial charge in [0.05, 0.1) is 17.6 Å². The highest BCUT2D eigenvalue weighted by atomic mass is 16.5. The average Bonchev–Trinajstić information content (AvgIpc) is 3.33. The summed E-state index contributed by atoms with van der Waals surface area (Å²) in [4.78, 5) is 2.63. The lowest BCUT2D eigenvalue weighted by atomic mass is 9.72. The van der Waals surface area contributed by atoms with Gasteiger partial charge in [0.2, 0.25) is 5.69 Å². The minimum absolute atomic E-state index is 0.0238. The van der Waals surface area contributed by atoms with E-state index in [1.807, 2.05) is 0 Å². The first-order chi connectivity index (χ1) is 18.4. The minimum Gasteiger partial charge on any atom is -0.365 e. The minimum atomic E-state index is -0.0815. The van der Waals surface area contributed by atoms with Gasteiger partial charge in [0.15, 0.2) is 12.3 Å². The molecule has 3 heteroatoms. The number of benzene rings is 3. The Labute approximate surface area is 226 Å². The fourth-order valence-corrected chi connectivity index (χ4v) is 8.73. The molecule has 5 aliphatic heterocycles. The predicted octanol–water partition coefficient (Wildman–Crippen LogP) is 7.55. The second kappa shape index (κ2) is 7.70. The Morgan fingerprint density at radius 1 is 0.947 bits per heavy atom. The van der Waals surface area contributed by atoms with Crippen molar-refractivity contribution in [2.75, 3.05) is 18.0 Å². The topological polar surface area (TPSA) is 15.5 Å². The molecule has 3 atom stereocenters. The molecule has 3 aromatic carbocycles. The summed E-state index contributed by atoms with van der Waals surface area (Å²) in [5.74, 6) is 0. The first kappa shape index (κ1) is 22.8. The summed E-state index contributed by atoms with van der Waals surface area (Å²) in [6.45, 7) is 11.7. The van der Waals surface area contributed by atoms with E-state index < -0.39 is 0 Å². The van der Waals surface area contributed by atoms with Crippen LogP contribution in [0.2, 0.25) is 0 Å². The Morgan fingerprint density at radius 2 is 1.76 bits per heavy atom. The van der Waals surface area contributed by atoms with Gasteiger partial charge >= 0.3 is 0 Å². The standard InChI is InChI=1S/C35H37N2O/c1-5-18-35(4)26-12-8-9-13-27(26)36-19-16-30-25(33(35)36)21-24-29(38-30)17-20-37-28-15-14-22-10-6-7-11-23(22)31(28)34(2,3)32(24)37/h6-15,21,29-30H,5,16-20H2,1-4H3/q+1. The molecule has 192 valence electrons. The van der Waals surface area contributed by atoms with Crippen molar-refractivity contribution in [1.29, 1.82) is 0 Å². The van der Waals surface area contributed by atoms with Crippen LogP contribution in [0.25, 0.3) is 10.8 Å². The highest BCUT2D eigenvalue weighted by molar-refractivity contribution is 6.11. The number of hydrogen-bond donors (Lipinski definition) is 0. The molecule has 3 nitrogen and oxygen atoms in total. The molecule has 5 aliphatic rings. The number of fused-ring (bicyclic) bond motifs is 10. The summed E-state index contributed by atoms with van der Waals surface area (Å²) in [6, 6.07) is 22.7. The van der Waals surface area contributed by atoms with Crippen LogP contribution in [0.3, 0.4) is 0 Å². The molecule has 0 fully saturated rings. The molecule has 5 heterocycles. The summed E-state index contributed by atoms with van der Waals surface area (Å²) in [5, 5.41) is 2.72. The van der Waals surface area contributed by atoms with Crippen LogP contribution >= 0.6 is 0 Å². The molecule has 0 bridgehead atoms. The third kappa shape index (κ3) is 2.76. The van der Waals surface area contributed by atoms with Crippen molar-refractivity contribution in [2.24, 2.45) is 0 Å². The Morgan fingerprint density at radius 3 is 2.63 bits per heavy atom. The van der Waals surface area contributed by atoms with E-state index in [-0.39, 0.29) is 23.0 Å². The van der Waals surface area contributed by atoms with Gasteiger partial charge in [-0.2, -0.15) is 4.58 Å². The van der Waals surface area contributed by atoms with E-state index in [0.717, 1.165) is 32.4 Å². The molecule has 0 saturated heterocycles. The maximum Gasteiger partial charge on any atom is 0.210 e. The van der Waals surface area contributed by atoms with E-state index in [1.54, 1.807) is 0 Å². The van der Waals surface area contributed by atoms with Crippen molar-refractivity contribution >= 4 is 27.9 Å². The summed E-state index contributed by atoms with van der Waals surface area (Å²) in [6.07, 6.45) is 7.40. The first-order valence-electron chi connectivity index (χ1n) is 14.6. The molecule has 8 rings (SSSR count). The molecule has 38 heavy (non-hydrogen) atoms. The van der Waals surface area contributed by atoms with Crippen LogP contribution in [0.1, 0.15) is 64.5 Å². The second-order valence-corrected chi connectivity index (χ2v) is 12.7. The number of nitrogens with zero attached hydrogens (tertiary/aromatic N) is 2. The monoisotopic (exact) mass is 501 g/mol. The summed E-state index contributed by atoms with van der Waals surface area (Å²) >= 11 is 0. The van der Waals surface area contributed by atoms with Gasteiger partial charge in [-0.25, -0.2) is 0 Å². The predicted molar refractivity (Wildman–Crippen MR) is 156 cm³/mol. The fraction of sp³-hybridized carbons (Fsp3) is 0.400. The van der Waals surface area contributed by atoms with Gasteiger partial charge in [0.1, 0.15) is 0 Å². The van der Waals surface area contributed by atoms with E-state index in [4.69, 9.17) is 4.74 Å². The molecule has 3 unspecified atom stereocenters. The van der Waals surface area contributed by atoms with Crippen molar-refractivity contribution in [3.8, 4) is 0 Å². The molecule has 0 aromatic heterocycles. The van der Waals surface area contributed by atoms with Crippen LogP contribution in [0.4, 0.5) is 11.4 Å². The Hall–Kier alpha value is -3.17. The van der Waals surface area contributed by atoms with Crippen LogP contribution in [-0.4, -0.2) is 35.6 Å². The highest BCUT2D eigenvalue weighted by Gasteiger charge is 2.55. The zero-order chi connectivity index (χ0) is 25.8. The van der Waals surface area contributed by atoms with Gasteiger partial charge in [-0.1, -0.05) is 55.8 Å². The third-order valence-corrected chi connectivity index (χ3v) is 10.1. The Kier molecular flexibility index (Phi) is 4.61. The van der Waals surface area contributed by atoms with E-state index >= 15 is 0 Å². The number of rotatable bonds is 2. The van der Waals surface area contributed by atoms with E-state index in [0.29, 0.717) is 0 Å². The van der Waals surface area contributed by atoms with E-state index in [2.05, 4.69) is 104 Å². The molecule has 0 amide bonds. The van der Waals surface area contributed by atoms with Gasteiger partial charge in [-0.15, -0.1) is 0 Å². The smallest absolute Gasteiger partial charge is 0.210 e. The van der Waals surface area contributed by atoms with Crippen LogP contribution < -0.4 is 4.90 Å². The molecular weight excluding hydrogens is 464 g/mol. The quantitative estimate of drug-likeness (QED) is 0.337. The second-order valence-electron chi connectivity index (χ2n) is 12.7. The fourth-order valence-electron chi connectivity index (χ4n) is 8.73. The molecule has 0 aliphatic carbocycles. The van der Waals surface area contributed by atoms with Gasteiger partial charge in [0.25, 0.3) is 0 Å². The van der Waals surface area contributed by atoms with E-state index in [1.165, 1.54) is 62.2 Å². The van der Waals surface area contributed by atoms with Crippen LogP contribution in [0.5, 0.6) is 0 Å². The zero-order valence-corrected chi connectivity index (χ0v) is 23.1. The lowest BCUT2D eigenvalue weighted by Gasteiger charge is -2.43. The van der Waals surface area contributed by atoms with Gasteiger partial charge in [0, 0.05) is 52.5 Å². The molecule has 0 saturated carbocycles. The summed E-state index contributed by atoms with van der Waals surface area (Å²) in [7, 11) is 0. The zero-order valence-electron chi connectivity index (χ0n) is 23.1. The molecular formula is C35H37N2O+. The van der Waals surface area contributed by atoms with Crippen LogP contribution in [-0.2, 0) is 15.6 Å². The highest BCUT2D eigenvalue weighted by Crippen LogP contribution is 2.56. The van der Waals surface area contributed by atoms with Crippen molar-refractivity contribution < 1.29 is 9.31 Å². The third-order valence-electron chi connectivity index (χ3n) is 10.1. The van der Waals surface area contributed by atoms with Crippen molar-refractivity contribution in [1.82, 2.24) is 0 Å². The lowest BCUT2D eigenvalue weighted by Crippen LogP contribution is -2.47. The number of ether oxygens (including phenoxy) is 1. The normalized spacial score (nSPS) is 28.4. The van der Waals surface area contributed by atoms with Gasteiger partial charge in [-0.05, 0) is 68.2 Å². The van der Waals surface area contributed by atoms with Crippen molar-refractivity contribution in [3.05, 3.63) is 94.7 Å². The number of para-hydroxylation sites is 1. The Balaban J connectivity index is 1.35. The van der Waals surface area contributed by atoms with Gasteiger partial charge < -0.3 is 9.64 Å². The maximum absolute atomic E-state index is 7.06. The number of hydrogen-bond acceptors (Lipinski definition) is 2. The summed E-state index contributed by atoms with van der Waals surface area (Å²) in [5.41, 5.74) is 11.5. The van der Waals surface area contributed by atoms with Crippen LogP contribution in [0.15, 0.2) is 83.6 Å². The average molecular weight is 502 g/mol. The molecule has 0 N–H and O–H groups in total. The first-order valence-corrected chi connectivity index (χ1v) is 14.6.